The van der Waals surface area contributed by atoms with Gasteiger partial charge in [-0.3, -0.25) is 14.4 Å². The van der Waals surface area contributed by atoms with Gasteiger partial charge in [0.1, 0.15) is 13.2 Å². The molecule has 0 bridgehead atoms. The zero-order valence-corrected chi connectivity index (χ0v) is 49.7. The lowest BCUT2D eigenvalue weighted by Crippen LogP contribution is -2.30. The number of carbonyl (C=O) groups is 3. The Bertz CT molecular complexity index is 1120. The zero-order valence-electron chi connectivity index (χ0n) is 49.7. The Hall–Kier alpha value is -1.59. The highest BCUT2D eigenvalue weighted by Crippen LogP contribution is 2.19. The number of carbonyl (C=O) groups excluding carboxylic acids is 3. The summed E-state index contributed by atoms with van der Waals surface area (Å²) >= 11 is 0. The van der Waals surface area contributed by atoms with E-state index in [2.05, 4.69) is 41.5 Å². The van der Waals surface area contributed by atoms with Crippen molar-refractivity contribution in [1.29, 1.82) is 0 Å². The fourth-order valence-corrected chi connectivity index (χ4v) is 10.2. The molecule has 0 aliphatic rings. The quantitative estimate of drug-likeness (QED) is 0.0343. The molecular weight excluding hydrogens is 889 g/mol. The molecule has 0 aromatic carbocycles. The molecule has 1 atom stereocenters. The zero-order chi connectivity index (χ0) is 52.6. The highest BCUT2D eigenvalue weighted by molar-refractivity contribution is 5.71. The molecule has 0 unspecified atom stereocenters. The first-order chi connectivity index (χ1) is 35.1. The van der Waals surface area contributed by atoms with E-state index in [-0.39, 0.29) is 31.1 Å². The monoisotopic (exact) mass is 1020 g/mol. The van der Waals surface area contributed by atoms with Crippen LogP contribution < -0.4 is 0 Å². The molecule has 0 saturated heterocycles. The van der Waals surface area contributed by atoms with Crippen LogP contribution in [-0.2, 0) is 28.6 Å². The Morgan fingerprint density at radius 1 is 0.236 bits per heavy atom. The smallest absolute Gasteiger partial charge is 0.306 e. The van der Waals surface area contributed by atoms with Gasteiger partial charge in [-0.15, -0.1) is 0 Å². The molecular formula is C66H128O6. The molecule has 0 aliphatic heterocycles. The number of rotatable bonds is 59. The van der Waals surface area contributed by atoms with Gasteiger partial charge in [-0.05, 0) is 37.0 Å². The van der Waals surface area contributed by atoms with Crippen molar-refractivity contribution in [2.24, 2.45) is 17.8 Å². The molecule has 0 aliphatic carbocycles. The van der Waals surface area contributed by atoms with Crippen molar-refractivity contribution in [3.05, 3.63) is 0 Å². The molecule has 72 heavy (non-hydrogen) atoms. The van der Waals surface area contributed by atoms with Gasteiger partial charge in [-0.2, -0.15) is 0 Å². The van der Waals surface area contributed by atoms with Crippen LogP contribution in [0.25, 0.3) is 0 Å². The van der Waals surface area contributed by atoms with E-state index in [9.17, 15) is 14.4 Å². The van der Waals surface area contributed by atoms with E-state index in [4.69, 9.17) is 14.2 Å². The summed E-state index contributed by atoms with van der Waals surface area (Å²) in [4.78, 5) is 38.3. The van der Waals surface area contributed by atoms with Gasteiger partial charge in [0.25, 0.3) is 0 Å². The number of hydrogen-bond acceptors (Lipinski definition) is 6. The van der Waals surface area contributed by atoms with Crippen LogP contribution in [0.2, 0.25) is 0 Å². The number of ether oxygens (including phenoxy) is 3. The minimum Gasteiger partial charge on any atom is -0.462 e. The van der Waals surface area contributed by atoms with Crippen molar-refractivity contribution < 1.29 is 28.6 Å². The molecule has 0 amide bonds. The first-order valence-electron chi connectivity index (χ1n) is 32.6. The molecule has 0 rings (SSSR count). The topological polar surface area (TPSA) is 78.9 Å². The standard InChI is InChI=1S/C66H128O6/c1-60(2)52-46-40-34-28-22-16-11-9-7-8-10-12-19-25-31-37-43-49-55-64(67)70-58-63(59-71-65(68)56-50-44-38-32-26-21-15-18-24-30-36-42-48-54-62(5)6)72-66(69)57-51-45-39-33-27-20-14-13-17-23-29-35-41-47-53-61(3)4/h60-63H,7-59H2,1-6H3/t63-/m1/s1. The largest absolute Gasteiger partial charge is 0.462 e. The van der Waals surface area contributed by atoms with Gasteiger partial charge < -0.3 is 14.2 Å². The van der Waals surface area contributed by atoms with E-state index in [1.807, 2.05) is 0 Å². The summed E-state index contributed by atoms with van der Waals surface area (Å²) in [5, 5.41) is 0. The highest BCUT2D eigenvalue weighted by Gasteiger charge is 2.19. The average molecular weight is 1020 g/mol. The van der Waals surface area contributed by atoms with Gasteiger partial charge in [0.2, 0.25) is 0 Å². The Labute approximate surface area is 450 Å². The van der Waals surface area contributed by atoms with Crippen LogP contribution in [0.5, 0.6) is 0 Å². The summed E-state index contributed by atoms with van der Waals surface area (Å²) in [6.07, 6.45) is 62.5. The van der Waals surface area contributed by atoms with Crippen molar-refractivity contribution in [1.82, 2.24) is 0 Å². The predicted molar refractivity (Wildman–Crippen MR) is 312 cm³/mol. The van der Waals surface area contributed by atoms with E-state index in [1.165, 1.54) is 250 Å². The summed E-state index contributed by atoms with van der Waals surface area (Å²) in [7, 11) is 0. The second-order valence-electron chi connectivity index (χ2n) is 24.2. The molecule has 0 spiro atoms. The average Bonchev–Trinajstić information content (AvgIpc) is 3.34. The molecule has 0 fully saturated rings. The van der Waals surface area contributed by atoms with Crippen LogP contribution in [0.1, 0.15) is 369 Å². The normalized spacial score (nSPS) is 12.1. The number of esters is 3. The third-order valence-electron chi connectivity index (χ3n) is 15.1. The molecule has 0 N–H and O–H groups in total. The number of hydrogen-bond donors (Lipinski definition) is 0. The van der Waals surface area contributed by atoms with Crippen LogP contribution in [0.3, 0.4) is 0 Å². The van der Waals surface area contributed by atoms with Crippen LogP contribution >= 0.6 is 0 Å². The molecule has 0 radical (unpaired) electrons. The fraction of sp³-hybridized carbons (Fsp3) is 0.955. The van der Waals surface area contributed by atoms with Crippen LogP contribution in [0, 0.1) is 17.8 Å². The minimum atomic E-state index is -0.765. The van der Waals surface area contributed by atoms with Crippen LogP contribution in [0.4, 0.5) is 0 Å². The van der Waals surface area contributed by atoms with Crippen molar-refractivity contribution >= 4 is 17.9 Å². The van der Waals surface area contributed by atoms with Gasteiger partial charge in [0, 0.05) is 19.3 Å². The summed E-state index contributed by atoms with van der Waals surface area (Å²) in [6, 6.07) is 0. The van der Waals surface area contributed by atoms with E-state index in [0.29, 0.717) is 19.3 Å². The van der Waals surface area contributed by atoms with Gasteiger partial charge in [0.15, 0.2) is 6.10 Å². The van der Waals surface area contributed by atoms with Gasteiger partial charge in [0.05, 0.1) is 0 Å². The molecule has 6 nitrogen and oxygen atoms in total. The SMILES string of the molecule is CC(C)CCCCCCCCCCCCCCCCCCCCC(=O)OC[C@H](COC(=O)CCCCCCCCCCCCCCCC(C)C)OC(=O)CCCCCCCCCCCCCCCCC(C)C. The predicted octanol–water partition coefficient (Wildman–Crippen LogP) is 21.8. The summed E-state index contributed by atoms with van der Waals surface area (Å²) < 4.78 is 17.0. The summed E-state index contributed by atoms with van der Waals surface area (Å²) in [5.41, 5.74) is 0. The highest BCUT2D eigenvalue weighted by atomic mass is 16.6. The van der Waals surface area contributed by atoms with Crippen molar-refractivity contribution in [2.45, 2.75) is 375 Å². The van der Waals surface area contributed by atoms with E-state index in [1.54, 1.807) is 0 Å². The lowest BCUT2D eigenvalue weighted by Gasteiger charge is -2.18. The van der Waals surface area contributed by atoms with E-state index in [0.717, 1.165) is 75.5 Å². The Morgan fingerprint density at radius 2 is 0.403 bits per heavy atom. The molecule has 0 aromatic heterocycles. The summed E-state index contributed by atoms with van der Waals surface area (Å²) in [6.45, 7) is 13.8. The Kier molecular flexibility index (Phi) is 55.9. The molecule has 0 aromatic rings. The van der Waals surface area contributed by atoms with Gasteiger partial charge in [-0.1, -0.05) is 330 Å². The van der Waals surface area contributed by atoms with E-state index >= 15 is 0 Å². The fourth-order valence-electron chi connectivity index (χ4n) is 10.2. The molecule has 0 saturated carbocycles. The minimum absolute atomic E-state index is 0.0624. The second-order valence-corrected chi connectivity index (χ2v) is 24.2. The lowest BCUT2D eigenvalue weighted by atomic mass is 10.0. The summed E-state index contributed by atoms with van der Waals surface area (Å²) in [5.74, 6) is 1.71. The van der Waals surface area contributed by atoms with Crippen LogP contribution in [-0.4, -0.2) is 37.2 Å². The molecule has 428 valence electrons. The van der Waals surface area contributed by atoms with Gasteiger partial charge >= 0.3 is 17.9 Å². The van der Waals surface area contributed by atoms with Crippen LogP contribution in [0.15, 0.2) is 0 Å². The Balaban J connectivity index is 4.27. The number of unbranched alkanes of at least 4 members (excludes halogenated alkanes) is 42. The third kappa shape index (κ3) is 59.3. The van der Waals surface area contributed by atoms with E-state index < -0.39 is 6.10 Å². The first-order valence-corrected chi connectivity index (χ1v) is 32.6. The second kappa shape index (κ2) is 57.1. The maximum absolute atomic E-state index is 12.9. The Morgan fingerprint density at radius 3 is 0.597 bits per heavy atom. The maximum Gasteiger partial charge on any atom is 0.306 e. The first kappa shape index (κ1) is 70.4. The maximum atomic E-state index is 12.9. The third-order valence-corrected chi connectivity index (χ3v) is 15.1. The van der Waals surface area contributed by atoms with Crippen molar-refractivity contribution in [2.75, 3.05) is 13.2 Å². The lowest BCUT2D eigenvalue weighted by molar-refractivity contribution is -0.167. The molecule has 0 heterocycles. The van der Waals surface area contributed by atoms with Crippen molar-refractivity contribution in [3.63, 3.8) is 0 Å². The molecule has 6 heteroatoms. The van der Waals surface area contributed by atoms with Gasteiger partial charge in [-0.25, -0.2) is 0 Å². The van der Waals surface area contributed by atoms with Crippen molar-refractivity contribution in [3.8, 4) is 0 Å².